The molecule has 3 aromatic rings. The molecule has 0 spiro atoms. The highest BCUT2D eigenvalue weighted by molar-refractivity contribution is 5.98. The van der Waals surface area contributed by atoms with E-state index in [1.807, 2.05) is 60.7 Å². The minimum absolute atomic E-state index is 0.255. The maximum absolute atomic E-state index is 13.3. The Morgan fingerprint density at radius 1 is 0.769 bits per heavy atom. The van der Waals surface area contributed by atoms with Crippen molar-refractivity contribution in [3.8, 4) is 0 Å². The fraction of sp³-hybridized carbons (Fsp3) is 0.0455. The molecule has 0 heterocycles. The van der Waals surface area contributed by atoms with E-state index in [1.165, 1.54) is 6.07 Å². The number of hydrogen-bond acceptors (Lipinski definition) is 1. The lowest BCUT2D eigenvalue weighted by molar-refractivity contribution is -0.137. The average molecular weight is 352 g/mol. The van der Waals surface area contributed by atoms with Crippen LogP contribution >= 0.6 is 0 Å². The zero-order valence-corrected chi connectivity index (χ0v) is 13.7. The number of alkyl halides is 3. The Hall–Kier alpha value is -3.14. The Morgan fingerprint density at radius 2 is 1.38 bits per heavy atom. The minimum atomic E-state index is -4.60. The predicted molar refractivity (Wildman–Crippen MR) is 96.7 cm³/mol. The zero-order chi connectivity index (χ0) is 18.6. The molecular weight excluding hydrogens is 337 g/mol. The van der Waals surface area contributed by atoms with Crippen molar-refractivity contribution < 1.29 is 18.0 Å². The summed E-state index contributed by atoms with van der Waals surface area (Å²) in [6, 6.07) is 22.1. The molecule has 0 aliphatic heterocycles. The molecule has 26 heavy (non-hydrogen) atoms. The summed E-state index contributed by atoms with van der Waals surface area (Å²) in [6.45, 7) is 0. The molecular formula is C22H15F3O. The second-order valence-corrected chi connectivity index (χ2v) is 5.72. The first kappa shape index (κ1) is 17.7. The van der Waals surface area contributed by atoms with E-state index in [0.717, 1.165) is 17.2 Å². The van der Waals surface area contributed by atoms with Crippen LogP contribution in [0.15, 0.2) is 78.9 Å². The van der Waals surface area contributed by atoms with E-state index in [1.54, 1.807) is 12.1 Å². The molecule has 3 aromatic carbocycles. The van der Waals surface area contributed by atoms with Gasteiger partial charge in [-0.15, -0.1) is 0 Å². The van der Waals surface area contributed by atoms with Gasteiger partial charge in [-0.3, -0.25) is 4.79 Å². The van der Waals surface area contributed by atoms with Gasteiger partial charge in [0.05, 0.1) is 5.56 Å². The number of carbonyl (C=O) groups is 1. The van der Waals surface area contributed by atoms with E-state index in [4.69, 9.17) is 0 Å². The summed E-state index contributed by atoms with van der Waals surface area (Å²) in [5.74, 6) is 0. The van der Waals surface area contributed by atoms with Gasteiger partial charge in [0.15, 0.2) is 6.29 Å². The van der Waals surface area contributed by atoms with Crippen molar-refractivity contribution in [3.63, 3.8) is 0 Å². The van der Waals surface area contributed by atoms with E-state index < -0.39 is 11.7 Å². The van der Waals surface area contributed by atoms with Crippen LogP contribution in [0, 0.1) is 0 Å². The third kappa shape index (κ3) is 3.75. The van der Waals surface area contributed by atoms with Crippen LogP contribution in [0.4, 0.5) is 13.2 Å². The Morgan fingerprint density at radius 3 is 1.96 bits per heavy atom. The first-order valence-corrected chi connectivity index (χ1v) is 7.98. The molecule has 0 saturated heterocycles. The van der Waals surface area contributed by atoms with Crippen LogP contribution in [0.1, 0.15) is 32.6 Å². The summed E-state index contributed by atoms with van der Waals surface area (Å²) in [6.07, 6.45) is -2.53. The molecule has 130 valence electrons. The Balaban J connectivity index is 2.27. The SMILES string of the molecule is O=Cc1c(/C(=C/c2ccccc2)c2ccccc2)cccc1C(F)(F)F. The van der Waals surface area contributed by atoms with Gasteiger partial charge in [-0.2, -0.15) is 13.2 Å². The maximum Gasteiger partial charge on any atom is 0.417 e. The molecule has 0 bridgehead atoms. The van der Waals surface area contributed by atoms with E-state index in [2.05, 4.69) is 0 Å². The number of carbonyl (C=O) groups excluding carboxylic acids is 1. The van der Waals surface area contributed by atoms with Gasteiger partial charge in [0, 0.05) is 5.56 Å². The number of aldehydes is 1. The highest BCUT2D eigenvalue weighted by Crippen LogP contribution is 2.36. The van der Waals surface area contributed by atoms with E-state index >= 15 is 0 Å². The van der Waals surface area contributed by atoms with E-state index in [9.17, 15) is 18.0 Å². The second kappa shape index (κ2) is 7.40. The highest BCUT2D eigenvalue weighted by Gasteiger charge is 2.34. The standard InChI is InChI=1S/C22H15F3O/c23-22(24,25)21-13-7-12-18(20(21)15-26)19(17-10-5-2-6-11-17)14-16-8-3-1-4-9-16/h1-15H/b19-14+. The van der Waals surface area contributed by atoms with E-state index in [-0.39, 0.29) is 17.4 Å². The molecule has 0 amide bonds. The van der Waals surface area contributed by atoms with Gasteiger partial charge < -0.3 is 0 Å². The molecule has 3 rings (SSSR count). The normalized spacial score (nSPS) is 12.0. The fourth-order valence-corrected chi connectivity index (χ4v) is 2.82. The Bertz CT molecular complexity index is 927. The third-order valence-electron chi connectivity index (χ3n) is 4.01. The first-order chi connectivity index (χ1) is 12.5. The number of hydrogen-bond donors (Lipinski definition) is 0. The number of rotatable bonds is 4. The predicted octanol–water partition coefficient (Wildman–Crippen LogP) is 6.11. The van der Waals surface area contributed by atoms with Crippen molar-refractivity contribution >= 4 is 17.9 Å². The van der Waals surface area contributed by atoms with Crippen LogP contribution in [-0.2, 0) is 6.18 Å². The van der Waals surface area contributed by atoms with Crippen molar-refractivity contribution in [1.82, 2.24) is 0 Å². The molecule has 0 aromatic heterocycles. The lowest BCUT2D eigenvalue weighted by Crippen LogP contribution is -2.11. The van der Waals surface area contributed by atoms with Crippen molar-refractivity contribution in [1.29, 1.82) is 0 Å². The average Bonchev–Trinajstić information content (AvgIpc) is 2.66. The monoisotopic (exact) mass is 352 g/mol. The van der Waals surface area contributed by atoms with Gasteiger partial charge in [0.25, 0.3) is 0 Å². The maximum atomic E-state index is 13.3. The largest absolute Gasteiger partial charge is 0.417 e. The summed E-state index contributed by atoms with van der Waals surface area (Å²) in [4.78, 5) is 11.6. The summed E-state index contributed by atoms with van der Waals surface area (Å²) in [5, 5.41) is 0. The van der Waals surface area contributed by atoms with Gasteiger partial charge in [-0.25, -0.2) is 0 Å². The molecule has 0 fully saturated rings. The topological polar surface area (TPSA) is 17.1 Å². The van der Waals surface area contributed by atoms with Crippen LogP contribution in [-0.4, -0.2) is 6.29 Å². The van der Waals surface area contributed by atoms with Gasteiger partial charge in [-0.05, 0) is 34.4 Å². The van der Waals surface area contributed by atoms with Gasteiger partial charge in [-0.1, -0.05) is 72.8 Å². The van der Waals surface area contributed by atoms with Crippen LogP contribution in [0.5, 0.6) is 0 Å². The summed E-state index contributed by atoms with van der Waals surface area (Å²) < 4.78 is 40.0. The van der Waals surface area contributed by atoms with Crippen LogP contribution in [0.3, 0.4) is 0 Å². The van der Waals surface area contributed by atoms with Crippen molar-refractivity contribution in [3.05, 3.63) is 107 Å². The molecule has 0 radical (unpaired) electrons. The van der Waals surface area contributed by atoms with Gasteiger partial charge >= 0.3 is 6.18 Å². The van der Waals surface area contributed by atoms with Gasteiger partial charge in [0.1, 0.15) is 0 Å². The fourth-order valence-electron chi connectivity index (χ4n) is 2.82. The van der Waals surface area contributed by atoms with E-state index in [0.29, 0.717) is 5.57 Å². The van der Waals surface area contributed by atoms with Gasteiger partial charge in [0.2, 0.25) is 0 Å². The lowest BCUT2D eigenvalue weighted by atomic mass is 9.90. The minimum Gasteiger partial charge on any atom is -0.298 e. The van der Waals surface area contributed by atoms with Crippen molar-refractivity contribution in [2.45, 2.75) is 6.18 Å². The van der Waals surface area contributed by atoms with Crippen LogP contribution in [0.25, 0.3) is 11.6 Å². The Kier molecular flexibility index (Phi) is 5.03. The number of benzene rings is 3. The highest BCUT2D eigenvalue weighted by atomic mass is 19.4. The first-order valence-electron chi connectivity index (χ1n) is 7.98. The Labute approximate surface area is 149 Å². The quantitative estimate of drug-likeness (QED) is 0.409. The van der Waals surface area contributed by atoms with Crippen LogP contribution < -0.4 is 0 Å². The molecule has 0 atom stereocenters. The van der Waals surface area contributed by atoms with Crippen LogP contribution in [0.2, 0.25) is 0 Å². The molecule has 0 saturated carbocycles. The summed E-state index contributed by atoms with van der Waals surface area (Å²) >= 11 is 0. The third-order valence-corrected chi connectivity index (χ3v) is 4.01. The number of halogens is 3. The summed E-state index contributed by atoms with van der Waals surface area (Å²) in [5.41, 5.74) is 1.10. The summed E-state index contributed by atoms with van der Waals surface area (Å²) in [7, 11) is 0. The zero-order valence-electron chi connectivity index (χ0n) is 13.7. The second-order valence-electron chi connectivity index (χ2n) is 5.72. The molecule has 4 heteroatoms. The van der Waals surface area contributed by atoms with Crippen molar-refractivity contribution in [2.24, 2.45) is 0 Å². The molecule has 0 aliphatic rings. The molecule has 0 aliphatic carbocycles. The smallest absolute Gasteiger partial charge is 0.298 e. The lowest BCUT2D eigenvalue weighted by Gasteiger charge is -2.16. The molecule has 1 nitrogen and oxygen atoms in total. The van der Waals surface area contributed by atoms with Crippen molar-refractivity contribution in [2.75, 3.05) is 0 Å². The molecule has 0 N–H and O–H groups in total. The molecule has 0 unspecified atom stereocenters.